The van der Waals surface area contributed by atoms with Crippen molar-refractivity contribution in [2.24, 2.45) is 0 Å². The minimum Gasteiger partial charge on any atom is -0.478 e. The summed E-state index contributed by atoms with van der Waals surface area (Å²) in [6.45, 7) is 0.337. The van der Waals surface area contributed by atoms with Crippen LogP contribution in [0, 0.1) is 5.82 Å². The van der Waals surface area contributed by atoms with Gasteiger partial charge in [-0.15, -0.1) is 0 Å². The molecule has 1 aromatic carbocycles. The third-order valence-electron chi connectivity index (χ3n) is 2.38. The van der Waals surface area contributed by atoms with Gasteiger partial charge in [0.1, 0.15) is 5.82 Å². The predicted molar refractivity (Wildman–Crippen MR) is 61.9 cm³/mol. The molecule has 1 aromatic heterocycles. The Morgan fingerprint density at radius 1 is 1.41 bits per heavy atom. The summed E-state index contributed by atoms with van der Waals surface area (Å²) in [7, 11) is 0. The average Bonchev–Trinajstić information content (AvgIpc) is 2.73. The monoisotopic (exact) mass is 253 g/mol. The van der Waals surface area contributed by atoms with Crippen molar-refractivity contribution in [2.45, 2.75) is 6.54 Å². The number of hydrogen-bond donors (Lipinski definition) is 1. The second-order valence-electron chi connectivity index (χ2n) is 3.59. The first kappa shape index (κ1) is 11.7. The summed E-state index contributed by atoms with van der Waals surface area (Å²) in [5.74, 6) is -1.47. The van der Waals surface area contributed by atoms with Crippen molar-refractivity contribution >= 4 is 17.6 Å². The van der Waals surface area contributed by atoms with Crippen molar-refractivity contribution in [3.63, 3.8) is 0 Å². The van der Waals surface area contributed by atoms with Crippen LogP contribution in [0.1, 0.15) is 15.9 Å². The summed E-state index contributed by atoms with van der Waals surface area (Å²) in [6, 6.07) is 6.03. The second kappa shape index (κ2) is 4.59. The molecule has 88 valence electrons. The molecule has 5 heteroatoms. The number of aromatic carboxylic acids is 1. The van der Waals surface area contributed by atoms with Crippen molar-refractivity contribution in [3.8, 4) is 0 Å². The number of aromatic nitrogens is 1. The van der Waals surface area contributed by atoms with E-state index >= 15 is 0 Å². The first-order valence-electron chi connectivity index (χ1n) is 4.90. The molecule has 0 atom stereocenters. The molecule has 2 rings (SSSR count). The standard InChI is InChI=1S/C12H9ClFNO2/c13-11-8(2-1-3-10(11)14)6-15-5-4-9(7-15)12(16)17/h1-5,7H,6H2,(H,16,17). The third-order valence-corrected chi connectivity index (χ3v) is 2.81. The number of nitrogens with zero attached hydrogens (tertiary/aromatic N) is 1. The maximum Gasteiger partial charge on any atom is 0.337 e. The highest BCUT2D eigenvalue weighted by Crippen LogP contribution is 2.20. The van der Waals surface area contributed by atoms with Gasteiger partial charge in [-0.25, -0.2) is 9.18 Å². The Morgan fingerprint density at radius 2 is 2.18 bits per heavy atom. The lowest BCUT2D eigenvalue weighted by Gasteiger charge is -2.05. The zero-order valence-corrected chi connectivity index (χ0v) is 9.49. The van der Waals surface area contributed by atoms with Gasteiger partial charge in [0.15, 0.2) is 0 Å². The van der Waals surface area contributed by atoms with Gasteiger partial charge in [-0.1, -0.05) is 23.7 Å². The van der Waals surface area contributed by atoms with E-state index in [2.05, 4.69) is 0 Å². The van der Waals surface area contributed by atoms with Gasteiger partial charge in [-0.2, -0.15) is 0 Å². The minimum atomic E-state index is -0.992. The molecule has 3 nitrogen and oxygen atoms in total. The van der Waals surface area contributed by atoms with Gasteiger partial charge in [0.25, 0.3) is 0 Å². The number of halogens is 2. The Balaban J connectivity index is 2.25. The van der Waals surface area contributed by atoms with E-state index in [4.69, 9.17) is 16.7 Å². The highest BCUT2D eigenvalue weighted by Gasteiger charge is 2.08. The van der Waals surface area contributed by atoms with Crippen LogP contribution in [-0.4, -0.2) is 15.6 Å². The fourth-order valence-electron chi connectivity index (χ4n) is 1.53. The van der Waals surface area contributed by atoms with Gasteiger partial charge in [0, 0.05) is 18.9 Å². The topological polar surface area (TPSA) is 42.2 Å². The van der Waals surface area contributed by atoms with Gasteiger partial charge >= 0.3 is 5.97 Å². The first-order valence-corrected chi connectivity index (χ1v) is 5.27. The molecule has 2 aromatic rings. The highest BCUT2D eigenvalue weighted by molar-refractivity contribution is 6.31. The molecule has 0 aliphatic rings. The summed E-state index contributed by atoms with van der Waals surface area (Å²) < 4.78 is 14.8. The van der Waals surface area contributed by atoms with E-state index < -0.39 is 11.8 Å². The molecular weight excluding hydrogens is 245 g/mol. The van der Waals surface area contributed by atoms with Crippen LogP contribution in [0.2, 0.25) is 5.02 Å². The molecule has 0 saturated heterocycles. The van der Waals surface area contributed by atoms with E-state index in [1.165, 1.54) is 18.3 Å². The lowest BCUT2D eigenvalue weighted by atomic mass is 10.2. The van der Waals surface area contributed by atoms with Crippen molar-refractivity contribution in [1.29, 1.82) is 0 Å². The Labute approximate surface area is 102 Å². The Hall–Kier alpha value is -1.81. The molecular formula is C12H9ClFNO2. The van der Waals surface area contributed by atoms with E-state index in [1.807, 2.05) is 0 Å². The molecule has 1 N–H and O–H groups in total. The molecule has 0 fully saturated rings. The van der Waals surface area contributed by atoms with E-state index in [-0.39, 0.29) is 10.6 Å². The molecule has 0 aliphatic heterocycles. The summed E-state index contributed by atoms with van der Waals surface area (Å²) in [6.07, 6.45) is 3.09. The van der Waals surface area contributed by atoms with Crippen molar-refractivity contribution in [3.05, 3.63) is 58.6 Å². The molecule has 1 heterocycles. The number of carboxylic acid groups (broad SMARTS) is 1. The third kappa shape index (κ3) is 2.47. The molecule has 17 heavy (non-hydrogen) atoms. The fraction of sp³-hybridized carbons (Fsp3) is 0.0833. The molecule has 0 bridgehead atoms. The van der Waals surface area contributed by atoms with E-state index in [9.17, 15) is 9.18 Å². The normalized spacial score (nSPS) is 10.5. The fourth-order valence-corrected chi connectivity index (χ4v) is 1.72. The van der Waals surface area contributed by atoms with E-state index in [0.717, 1.165) is 0 Å². The minimum absolute atomic E-state index is 0.0677. The van der Waals surface area contributed by atoms with Crippen LogP contribution in [0.4, 0.5) is 4.39 Å². The summed E-state index contributed by atoms with van der Waals surface area (Å²) in [5.41, 5.74) is 0.803. The quantitative estimate of drug-likeness (QED) is 0.914. The molecule has 0 unspecified atom stereocenters. The molecule has 0 spiro atoms. The maximum atomic E-state index is 13.2. The first-order chi connectivity index (χ1) is 8.08. The van der Waals surface area contributed by atoms with Crippen LogP contribution in [0.15, 0.2) is 36.7 Å². The Kier molecular flexibility index (Phi) is 3.15. The van der Waals surface area contributed by atoms with Crippen molar-refractivity contribution < 1.29 is 14.3 Å². The zero-order valence-electron chi connectivity index (χ0n) is 8.73. The van der Waals surface area contributed by atoms with E-state index in [1.54, 1.807) is 22.9 Å². The highest BCUT2D eigenvalue weighted by atomic mass is 35.5. The summed E-state index contributed by atoms with van der Waals surface area (Å²) in [4.78, 5) is 10.7. The summed E-state index contributed by atoms with van der Waals surface area (Å²) in [5, 5.41) is 8.83. The van der Waals surface area contributed by atoms with Gasteiger partial charge in [0.05, 0.1) is 10.6 Å². The Morgan fingerprint density at radius 3 is 2.82 bits per heavy atom. The predicted octanol–water partition coefficient (Wildman–Crippen LogP) is 3.03. The van der Waals surface area contributed by atoms with Crippen LogP contribution in [-0.2, 0) is 6.54 Å². The van der Waals surface area contributed by atoms with Crippen molar-refractivity contribution in [2.75, 3.05) is 0 Å². The number of carbonyl (C=O) groups is 1. The van der Waals surface area contributed by atoms with Gasteiger partial charge in [-0.3, -0.25) is 0 Å². The van der Waals surface area contributed by atoms with Gasteiger partial charge in [-0.05, 0) is 17.7 Å². The van der Waals surface area contributed by atoms with Gasteiger partial charge in [0.2, 0.25) is 0 Å². The number of benzene rings is 1. The Bertz CT molecular complexity index is 565. The lowest BCUT2D eigenvalue weighted by Crippen LogP contribution is -1.99. The lowest BCUT2D eigenvalue weighted by molar-refractivity contribution is 0.0697. The van der Waals surface area contributed by atoms with Crippen LogP contribution in [0.3, 0.4) is 0 Å². The molecule has 0 radical (unpaired) electrons. The van der Waals surface area contributed by atoms with Crippen LogP contribution < -0.4 is 0 Å². The van der Waals surface area contributed by atoms with Gasteiger partial charge < -0.3 is 9.67 Å². The smallest absolute Gasteiger partial charge is 0.337 e. The zero-order chi connectivity index (χ0) is 12.4. The van der Waals surface area contributed by atoms with E-state index in [0.29, 0.717) is 12.1 Å². The summed E-state index contributed by atoms with van der Waals surface area (Å²) >= 11 is 5.81. The SMILES string of the molecule is O=C(O)c1ccn(Cc2cccc(F)c2Cl)c1. The van der Waals surface area contributed by atoms with Crippen LogP contribution in [0.25, 0.3) is 0 Å². The number of rotatable bonds is 3. The molecule has 0 amide bonds. The van der Waals surface area contributed by atoms with Crippen LogP contribution in [0.5, 0.6) is 0 Å². The second-order valence-corrected chi connectivity index (χ2v) is 3.97. The number of carboxylic acids is 1. The average molecular weight is 254 g/mol. The largest absolute Gasteiger partial charge is 0.478 e. The molecule has 0 aliphatic carbocycles. The van der Waals surface area contributed by atoms with Crippen LogP contribution >= 0.6 is 11.6 Å². The maximum absolute atomic E-state index is 13.2. The number of hydrogen-bond acceptors (Lipinski definition) is 1. The van der Waals surface area contributed by atoms with Crippen molar-refractivity contribution in [1.82, 2.24) is 4.57 Å². The molecule has 0 saturated carbocycles.